The average molecular weight is 1070 g/mol. The third-order valence-corrected chi connectivity index (χ3v) is 13.7. The van der Waals surface area contributed by atoms with Crippen LogP contribution in [-0.2, 0) is 28.6 Å². The van der Waals surface area contributed by atoms with Crippen LogP contribution in [0.15, 0.2) is 109 Å². The molecule has 0 aliphatic rings. The van der Waals surface area contributed by atoms with Gasteiger partial charge in [-0.2, -0.15) is 0 Å². The summed E-state index contributed by atoms with van der Waals surface area (Å²) < 4.78 is 16.9. The highest BCUT2D eigenvalue weighted by molar-refractivity contribution is 5.71. The number of hydrogen-bond acceptors (Lipinski definition) is 6. The molecule has 0 radical (unpaired) electrons. The number of allylic oxidation sites excluding steroid dienone is 18. The van der Waals surface area contributed by atoms with Gasteiger partial charge in [-0.15, -0.1) is 0 Å². The maximum absolute atomic E-state index is 12.9. The summed E-state index contributed by atoms with van der Waals surface area (Å²) in [5.41, 5.74) is 0. The van der Waals surface area contributed by atoms with Crippen molar-refractivity contribution < 1.29 is 28.6 Å². The van der Waals surface area contributed by atoms with Crippen molar-refractivity contribution in [2.75, 3.05) is 13.2 Å². The maximum atomic E-state index is 12.9. The molecular formula is C71H120O6. The van der Waals surface area contributed by atoms with Crippen LogP contribution in [0.2, 0.25) is 0 Å². The van der Waals surface area contributed by atoms with E-state index in [1.807, 2.05) is 0 Å². The Labute approximate surface area is 476 Å². The van der Waals surface area contributed by atoms with Gasteiger partial charge in [0.05, 0.1) is 0 Å². The lowest BCUT2D eigenvalue weighted by Crippen LogP contribution is -2.30. The lowest BCUT2D eigenvalue weighted by atomic mass is 10.1. The van der Waals surface area contributed by atoms with Crippen LogP contribution in [0, 0.1) is 0 Å². The van der Waals surface area contributed by atoms with Gasteiger partial charge in [-0.3, -0.25) is 14.4 Å². The van der Waals surface area contributed by atoms with Crippen molar-refractivity contribution in [3.05, 3.63) is 109 Å². The lowest BCUT2D eigenvalue weighted by molar-refractivity contribution is -0.167. The molecule has 1 atom stereocenters. The van der Waals surface area contributed by atoms with Crippen molar-refractivity contribution in [2.45, 2.75) is 309 Å². The van der Waals surface area contributed by atoms with Crippen molar-refractivity contribution in [3.63, 3.8) is 0 Å². The van der Waals surface area contributed by atoms with Gasteiger partial charge in [0.2, 0.25) is 0 Å². The van der Waals surface area contributed by atoms with E-state index in [0.717, 1.165) is 122 Å². The fourth-order valence-corrected chi connectivity index (χ4v) is 8.95. The van der Waals surface area contributed by atoms with E-state index in [2.05, 4.69) is 130 Å². The predicted octanol–water partition coefficient (Wildman–Crippen LogP) is 22.2. The first-order valence-electron chi connectivity index (χ1n) is 32.4. The second-order valence-corrected chi connectivity index (χ2v) is 21.3. The summed E-state index contributed by atoms with van der Waals surface area (Å²) in [5.74, 6) is -0.898. The first kappa shape index (κ1) is 73.1. The van der Waals surface area contributed by atoms with E-state index >= 15 is 0 Å². The quantitative estimate of drug-likeness (QED) is 0.0261. The smallest absolute Gasteiger partial charge is 0.306 e. The summed E-state index contributed by atoms with van der Waals surface area (Å²) >= 11 is 0. The Morgan fingerprint density at radius 1 is 0.273 bits per heavy atom. The fourth-order valence-electron chi connectivity index (χ4n) is 8.95. The number of hydrogen-bond donors (Lipinski definition) is 0. The standard InChI is InChI=1S/C71H120O6/c1-4-7-10-13-16-19-22-25-28-31-32-33-34-35-36-37-38-41-43-46-49-52-55-58-61-64-70(73)76-67-68(77-71(74)65-62-59-56-53-50-47-44-40-30-27-24-21-18-15-12-9-6-3)66-75-69(72)63-60-57-54-51-48-45-42-39-29-26-23-20-17-14-11-8-5-2/h7,9-10,12,16,18-19,21,25-30,32-33,35-36,68H,4-6,8,11,13-15,17,20,22-24,31,34,37-67H2,1-3H3/b10-7-,12-9-,19-16-,21-18-,28-25-,29-26-,30-27-,33-32-,36-35-. The van der Waals surface area contributed by atoms with Crippen LogP contribution in [-0.4, -0.2) is 37.2 Å². The zero-order valence-corrected chi connectivity index (χ0v) is 50.4. The molecule has 0 N–H and O–H groups in total. The number of carbonyl (C=O) groups excluding carboxylic acids is 3. The van der Waals surface area contributed by atoms with E-state index < -0.39 is 6.10 Å². The van der Waals surface area contributed by atoms with Gasteiger partial charge in [-0.05, 0) is 122 Å². The molecule has 6 nitrogen and oxygen atoms in total. The molecule has 0 saturated carbocycles. The third-order valence-electron chi connectivity index (χ3n) is 13.7. The highest BCUT2D eigenvalue weighted by Crippen LogP contribution is 2.16. The molecule has 0 aromatic carbocycles. The molecular weight excluding hydrogens is 949 g/mol. The second-order valence-electron chi connectivity index (χ2n) is 21.3. The maximum Gasteiger partial charge on any atom is 0.306 e. The van der Waals surface area contributed by atoms with Crippen LogP contribution in [0.5, 0.6) is 0 Å². The normalized spacial score (nSPS) is 12.8. The van der Waals surface area contributed by atoms with Gasteiger partial charge in [0.25, 0.3) is 0 Å². The Bertz CT molecular complexity index is 1560. The summed E-state index contributed by atoms with van der Waals surface area (Å²) in [6, 6.07) is 0. The monoisotopic (exact) mass is 1070 g/mol. The van der Waals surface area contributed by atoms with Gasteiger partial charge in [-0.1, -0.05) is 271 Å². The second kappa shape index (κ2) is 64.6. The molecule has 0 saturated heterocycles. The Morgan fingerprint density at radius 3 is 0.805 bits per heavy atom. The molecule has 6 heteroatoms. The highest BCUT2D eigenvalue weighted by atomic mass is 16.6. The molecule has 0 aromatic heterocycles. The summed E-state index contributed by atoms with van der Waals surface area (Å²) in [7, 11) is 0. The van der Waals surface area contributed by atoms with Gasteiger partial charge in [0.15, 0.2) is 6.10 Å². The van der Waals surface area contributed by atoms with Crippen LogP contribution in [0.1, 0.15) is 303 Å². The largest absolute Gasteiger partial charge is 0.462 e. The van der Waals surface area contributed by atoms with Crippen LogP contribution < -0.4 is 0 Å². The highest BCUT2D eigenvalue weighted by Gasteiger charge is 2.19. The van der Waals surface area contributed by atoms with E-state index in [1.54, 1.807) is 0 Å². The van der Waals surface area contributed by atoms with Gasteiger partial charge in [0.1, 0.15) is 13.2 Å². The van der Waals surface area contributed by atoms with Gasteiger partial charge >= 0.3 is 17.9 Å². The van der Waals surface area contributed by atoms with Crippen LogP contribution in [0.25, 0.3) is 0 Å². The molecule has 0 spiro atoms. The molecule has 0 amide bonds. The summed E-state index contributed by atoms with van der Waals surface area (Å²) in [6.07, 6.45) is 88.0. The minimum Gasteiger partial charge on any atom is -0.462 e. The Balaban J connectivity index is 4.38. The zero-order valence-electron chi connectivity index (χ0n) is 50.4. The zero-order chi connectivity index (χ0) is 55.7. The lowest BCUT2D eigenvalue weighted by Gasteiger charge is -2.18. The number of ether oxygens (including phenoxy) is 3. The van der Waals surface area contributed by atoms with E-state index in [9.17, 15) is 14.4 Å². The van der Waals surface area contributed by atoms with E-state index in [-0.39, 0.29) is 31.1 Å². The van der Waals surface area contributed by atoms with Crippen molar-refractivity contribution >= 4 is 17.9 Å². The number of esters is 3. The average Bonchev–Trinajstić information content (AvgIpc) is 3.43. The van der Waals surface area contributed by atoms with Crippen molar-refractivity contribution in [3.8, 4) is 0 Å². The Morgan fingerprint density at radius 2 is 0.506 bits per heavy atom. The first-order valence-corrected chi connectivity index (χ1v) is 32.4. The molecule has 0 bridgehead atoms. The van der Waals surface area contributed by atoms with E-state index in [1.165, 1.54) is 141 Å². The van der Waals surface area contributed by atoms with Crippen molar-refractivity contribution in [2.24, 2.45) is 0 Å². The molecule has 0 rings (SSSR count). The van der Waals surface area contributed by atoms with Gasteiger partial charge in [0, 0.05) is 19.3 Å². The fraction of sp³-hybridized carbons (Fsp3) is 0.704. The summed E-state index contributed by atoms with van der Waals surface area (Å²) in [5, 5.41) is 0. The first-order chi connectivity index (χ1) is 38.0. The van der Waals surface area contributed by atoms with Crippen LogP contribution in [0.3, 0.4) is 0 Å². The topological polar surface area (TPSA) is 78.9 Å². The van der Waals surface area contributed by atoms with Gasteiger partial charge in [-0.25, -0.2) is 0 Å². The van der Waals surface area contributed by atoms with Crippen LogP contribution >= 0.6 is 0 Å². The van der Waals surface area contributed by atoms with Crippen molar-refractivity contribution in [1.29, 1.82) is 0 Å². The number of carbonyl (C=O) groups is 3. The van der Waals surface area contributed by atoms with Crippen LogP contribution in [0.4, 0.5) is 0 Å². The molecule has 1 unspecified atom stereocenters. The Hall–Kier alpha value is -3.93. The summed E-state index contributed by atoms with van der Waals surface area (Å²) in [6.45, 7) is 6.42. The van der Waals surface area contributed by atoms with Crippen molar-refractivity contribution in [1.82, 2.24) is 0 Å². The molecule has 0 fully saturated rings. The SMILES string of the molecule is CC/C=C\C/C=C\C/C=C\C/C=C\C/C=C\CCCCCCCCCCCC(=O)OCC(COC(=O)CCCCCCCCC/C=C\CCCCCCCC)OC(=O)CCCCCCCCC/C=C\C/C=C\C/C=C\CC. The van der Waals surface area contributed by atoms with E-state index in [0.29, 0.717) is 19.3 Å². The summed E-state index contributed by atoms with van der Waals surface area (Å²) in [4.78, 5) is 38.4. The molecule has 0 aliphatic carbocycles. The number of unbranched alkanes of at least 4 members (excludes halogenated alkanes) is 29. The molecule has 0 aromatic rings. The molecule has 77 heavy (non-hydrogen) atoms. The Kier molecular flexibility index (Phi) is 61.3. The molecule has 0 aliphatic heterocycles. The van der Waals surface area contributed by atoms with E-state index in [4.69, 9.17) is 14.2 Å². The molecule has 440 valence electrons. The minimum atomic E-state index is -0.791. The predicted molar refractivity (Wildman–Crippen MR) is 334 cm³/mol. The molecule has 0 heterocycles. The van der Waals surface area contributed by atoms with Gasteiger partial charge < -0.3 is 14.2 Å². The third kappa shape index (κ3) is 62.8. The number of rotatable bonds is 58. The minimum absolute atomic E-state index is 0.0861.